The van der Waals surface area contributed by atoms with Crippen molar-refractivity contribution in [2.45, 2.75) is 44.2 Å². The van der Waals surface area contributed by atoms with Gasteiger partial charge >= 0.3 is 0 Å². The van der Waals surface area contributed by atoms with Gasteiger partial charge in [-0.15, -0.1) is 0 Å². The van der Waals surface area contributed by atoms with Gasteiger partial charge < -0.3 is 9.67 Å². The van der Waals surface area contributed by atoms with Crippen LogP contribution in [0.25, 0.3) is 15.9 Å². The third kappa shape index (κ3) is 3.35. The number of nitrogens with one attached hydrogen (secondary N) is 1. The molecular weight excluding hydrogens is 354 g/mol. The van der Waals surface area contributed by atoms with E-state index in [1.54, 1.807) is 43.6 Å². The van der Waals surface area contributed by atoms with Gasteiger partial charge in [-0.3, -0.25) is 15.1 Å². The van der Waals surface area contributed by atoms with Gasteiger partial charge in [-0.25, -0.2) is 9.83 Å². The van der Waals surface area contributed by atoms with Gasteiger partial charge in [0, 0.05) is 24.0 Å². The Morgan fingerprint density at radius 1 is 1.43 bits per heavy atom. The van der Waals surface area contributed by atoms with E-state index in [2.05, 4.69) is 20.1 Å². The summed E-state index contributed by atoms with van der Waals surface area (Å²) in [6.07, 6.45) is 6.24. The molecule has 0 saturated heterocycles. The first-order chi connectivity index (χ1) is 13.5. The number of rotatable bonds is 5. The van der Waals surface area contributed by atoms with Crippen molar-refractivity contribution in [2.24, 2.45) is 0 Å². The normalized spacial score (nSPS) is 16.2. The molecule has 3 aromatic rings. The molecule has 28 heavy (non-hydrogen) atoms. The molecule has 2 N–H and O–H groups in total. The lowest BCUT2D eigenvalue weighted by Crippen LogP contribution is -2.30. The lowest BCUT2D eigenvalue weighted by molar-refractivity contribution is -0.120. The number of carbonyl (C=O) groups excluding carboxylic acids is 1. The molecule has 1 atom stereocenters. The Bertz CT molecular complexity index is 1060. The van der Waals surface area contributed by atoms with Crippen LogP contribution in [-0.4, -0.2) is 25.5 Å². The topological polar surface area (TPSA) is 84.4 Å². The van der Waals surface area contributed by atoms with E-state index in [1.165, 1.54) is 0 Å². The molecule has 1 aliphatic rings. The highest BCUT2D eigenvalue weighted by molar-refractivity contribution is 5.92. The van der Waals surface area contributed by atoms with Gasteiger partial charge in [0.05, 0.1) is 29.6 Å². The zero-order chi connectivity index (χ0) is 19.7. The summed E-state index contributed by atoms with van der Waals surface area (Å²) in [6, 6.07) is 9.09. The molecule has 4 rings (SSSR count). The first kappa shape index (κ1) is 18.1. The third-order valence-corrected chi connectivity index (χ3v) is 5.28. The molecule has 142 valence electrons. The minimum absolute atomic E-state index is 0.111. The van der Waals surface area contributed by atoms with Gasteiger partial charge in [0.15, 0.2) is 5.69 Å². The van der Waals surface area contributed by atoms with Gasteiger partial charge in [-0.05, 0) is 44.4 Å². The predicted molar refractivity (Wildman–Crippen MR) is 106 cm³/mol. The quantitative estimate of drug-likeness (QED) is 0.662. The molecular formula is C21H21N5O2. The second-order valence-corrected chi connectivity index (χ2v) is 7.42. The number of hydrogen-bond acceptors (Lipinski definition) is 4. The van der Waals surface area contributed by atoms with E-state index in [0.29, 0.717) is 17.2 Å². The van der Waals surface area contributed by atoms with Crippen molar-refractivity contribution in [3.05, 3.63) is 59.7 Å². The summed E-state index contributed by atoms with van der Waals surface area (Å²) < 4.78 is 2.02. The van der Waals surface area contributed by atoms with Crippen LogP contribution in [0.15, 0.2) is 42.7 Å². The van der Waals surface area contributed by atoms with Crippen molar-refractivity contribution >= 4 is 28.6 Å². The van der Waals surface area contributed by atoms with Crippen LogP contribution >= 0.6 is 0 Å². The number of pyridine rings is 1. The molecule has 1 amide bonds. The van der Waals surface area contributed by atoms with Crippen LogP contribution < -0.4 is 5.32 Å². The number of nitrogens with zero attached hydrogens (tertiary/aromatic N) is 4. The van der Waals surface area contributed by atoms with Crippen LogP contribution in [0.4, 0.5) is 11.6 Å². The van der Waals surface area contributed by atoms with E-state index >= 15 is 0 Å². The van der Waals surface area contributed by atoms with Gasteiger partial charge in [-0.1, -0.05) is 12.1 Å². The Morgan fingerprint density at radius 3 is 2.89 bits per heavy atom. The predicted octanol–water partition coefficient (Wildman–Crippen LogP) is 3.94. The van der Waals surface area contributed by atoms with E-state index in [-0.39, 0.29) is 18.4 Å². The summed E-state index contributed by atoms with van der Waals surface area (Å²) in [4.78, 5) is 24.8. The molecule has 0 unspecified atom stereocenters. The molecule has 0 spiro atoms. The summed E-state index contributed by atoms with van der Waals surface area (Å²) in [5.41, 5.74) is 1.40. The molecule has 2 aromatic heterocycles. The Morgan fingerprint density at radius 2 is 2.25 bits per heavy atom. The number of imidazole rings is 1. The molecule has 0 bridgehead atoms. The fourth-order valence-corrected chi connectivity index (χ4v) is 3.52. The molecule has 1 aliphatic carbocycles. The highest BCUT2D eigenvalue weighted by Crippen LogP contribution is 2.38. The van der Waals surface area contributed by atoms with Crippen LogP contribution in [0.3, 0.4) is 0 Å². The zero-order valence-electron chi connectivity index (χ0n) is 15.6. The van der Waals surface area contributed by atoms with Crippen LogP contribution in [0.5, 0.6) is 0 Å². The number of anilines is 1. The number of aromatic nitrogens is 3. The number of carbonyl (C=O) groups is 1. The standard InChI is InChI=1S/C21H21N5O2/c1-21(28,14-5-4-10-23-13-14)12-19(27)25-20-24-17-9-8-15(22-2)11-18(17)26(20)16-6-3-7-16/h4-5,8-11,13,16,28H,3,6-7,12H2,1H3,(H,24,25,27)/t21-/m0/s1. The third-order valence-electron chi connectivity index (χ3n) is 5.28. The molecule has 0 aliphatic heterocycles. The van der Waals surface area contributed by atoms with Crippen molar-refractivity contribution in [1.82, 2.24) is 14.5 Å². The molecule has 2 heterocycles. The zero-order valence-corrected chi connectivity index (χ0v) is 15.6. The van der Waals surface area contributed by atoms with E-state index in [4.69, 9.17) is 6.57 Å². The molecule has 1 aromatic carbocycles. The van der Waals surface area contributed by atoms with E-state index < -0.39 is 5.60 Å². The first-order valence-electron chi connectivity index (χ1n) is 9.30. The Labute approximate surface area is 162 Å². The highest BCUT2D eigenvalue weighted by Gasteiger charge is 2.29. The summed E-state index contributed by atoms with van der Waals surface area (Å²) in [5, 5.41) is 13.6. The first-order valence-corrected chi connectivity index (χ1v) is 9.30. The summed E-state index contributed by atoms with van der Waals surface area (Å²) in [7, 11) is 0. The minimum atomic E-state index is -1.33. The second-order valence-electron chi connectivity index (χ2n) is 7.42. The maximum atomic E-state index is 12.7. The Hall–Kier alpha value is -3.24. The number of aliphatic hydroxyl groups is 1. The van der Waals surface area contributed by atoms with Crippen molar-refractivity contribution in [1.29, 1.82) is 0 Å². The van der Waals surface area contributed by atoms with Crippen molar-refractivity contribution < 1.29 is 9.90 Å². The SMILES string of the molecule is [C-]#[N+]c1ccc2nc(NC(=O)C[C@](C)(O)c3cccnc3)n(C3CCC3)c2c1. The highest BCUT2D eigenvalue weighted by atomic mass is 16.3. The summed E-state index contributed by atoms with van der Waals surface area (Å²) in [5.74, 6) is 0.143. The maximum Gasteiger partial charge on any atom is 0.229 e. The molecule has 1 saturated carbocycles. The molecule has 1 fully saturated rings. The Kier molecular flexibility index (Phi) is 4.57. The van der Waals surface area contributed by atoms with Crippen LogP contribution in [0.2, 0.25) is 0 Å². The lowest BCUT2D eigenvalue weighted by atomic mass is 9.92. The smallest absolute Gasteiger partial charge is 0.229 e. The fourth-order valence-electron chi connectivity index (χ4n) is 3.52. The van der Waals surface area contributed by atoms with Gasteiger partial charge in [0.2, 0.25) is 11.9 Å². The number of hydrogen-bond donors (Lipinski definition) is 2. The van der Waals surface area contributed by atoms with Crippen LogP contribution in [0.1, 0.15) is 44.2 Å². The lowest BCUT2D eigenvalue weighted by Gasteiger charge is -2.29. The molecule has 0 radical (unpaired) electrons. The average molecular weight is 375 g/mol. The Balaban J connectivity index is 1.62. The molecule has 7 heteroatoms. The van der Waals surface area contributed by atoms with Crippen molar-refractivity contribution in [3.63, 3.8) is 0 Å². The monoisotopic (exact) mass is 375 g/mol. The van der Waals surface area contributed by atoms with Crippen LogP contribution in [0, 0.1) is 6.57 Å². The van der Waals surface area contributed by atoms with E-state index in [1.807, 2.05) is 10.6 Å². The molecule has 7 nitrogen and oxygen atoms in total. The van der Waals surface area contributed by atoms with Crippen molar-refractivity contribution in [2.75, 3.05) is 5.32 Å². The van der Waals surface area contributed by atoms with E-state index in [9.17, 15) is 9.90 Å². The van der Waals surface area contributed by atoms with Gasteiger partial charge in [0.25, 0.3) is 0 Å². The number of amides is 1. The van der Waals surface area contributed by atoms with Gasteiger partial charge in [-0.2, -0.15) is 0 Å². The van der Waals surface area contributed by atoms with E-state index in [0.717, 1.165) is 30.3 Å². The van der Waals surface area contributed by atoms with Crippen LogP contribution in [-0.2, 0) is 10.4 Å². The average Bonchev–Trinajstić information content (AvgIpc) is 2.97. The summed E-state index contributed by atoms with van der Waals surface area (Å²) in [6.45, 7) is 8.85. The van der Waals surface area contributed by atoms with Crippen molar-refractivity contribution in [3.8, 4) is 0 Å². The minimum Gasteiger partial charge on any atom is -0.385 e. The number of fused-ring (bicyclic) bond motifs is 1. The maximum absolute atomic E-state index is 12.7. The second kappa shape index (κ2) is 7.06. The summed E-state index contributed by atoms with van der Waals surface area (Å²) >= 11 is 0. The van der Waals surface area contributed by atoms with Gasteiger partial charge in [0.1, 0.15) is 0 Å². The number of benzene rings is 1. The fraction of sp³-hybridized carbons (Fsp3) is 0.333. The largest absolute Gasteiger partial charge is 0.385 e.